The highest BCUT2D eigenvalue weighted by atomic mass is 35.5. The Kier molecular flexibility index (Phi) is 3.59. The molecule has 0 aromatic heterocycles. The molecule has 92 valence electrons. The van der Waals surface area contributed by atoms with Gasteiger partial charge in [-0.05, 0) is 42.9 Å². The highest BCUT2D eigenvalue weighted by Crippen LogP contribution is 2.48. The zero-order valence-electron chi connectivity index (χ0n) is 9.92. The predicted molar refractivity (Wildman–Crippen MR) is 77.8 cm³/mol. The maximum absolute atomic E-state index is 5.95. The van der Waals surface area contributed by atoms with Crippen molar-refractivity contribution >= 4 is 34.5 Å². The Labute approximate surface area is 113 Å². The van der Waals surface area contributed by atoms with Crippen LogP contribution in [0.3, 0.4) is 0 Å². The first-order chi connectivity index (χ1) is 8.06. The Bertz CT molecular complexity index is 441. The van der Waals surface area contributed by atoms with Crippen molar-refractivity contribution in [1.29, 1.82) is 0 Å². The van der Waals surface area contributed by atoms with Crippen LogP contribution in [0.2, 0.25) is 5.02 Å². The number of thiocarbonyl (C=S) groups is 1. The number of nitrogens with one attached hydrogen (secondary N) is 1. The van der Waals surface area contributed by atoms with Crippen molar-refractivity contribution in [3.8, 4) is 0 Å². The zero-order chi connectivity index (χ0) is 12.5. The van der Waals surface area contributed by atoms with Crippen LogP contribution in [0.25, 0.3) is 0 Å². The third-order valence-electron chi connectivity index (χ3n) is 3.61. The molecule has 0 atom stereocenters. The number of anilines is 1. The number of rotatable bonds is 5. The first-order valence-electron chi connectivity index (χ1n) is 5.89. The molecular formula is C13H17ClN2S. The molecule has 0 bridgehead atoms. The molecule has 1 aliphatic rings. The van der Waals surface area contributed by atoms with E-state index in [1.165, 1.54) is 19.3 Å². The molecule has 1 aromatic rings. The maximum atomic E-state index is 5.95. The Hall–Kier alpha value is -0.800. The van der Waals surface area contributed by atoms with Gasteiger partial charge in [0.1, 0.15) is 4.99 Å². The number of benzene rings is 1. The highest BCUT2D eigenvalue weighted by molar-refractivity contribution is 7.80. The van der Waals surface area contributed by atoms with Gasteiger partial charge in [0.05, 0.1) is 0 Å². The summed E-state index contributed by atoms with van der Waals surface area (Å²) in [6, 6.07) is 5.62. The molecule has 0 unspecified atom stereocenters. The van der Waals surface area contributed by atoms with Crippen LogP contribution in [-0.4, -0.2) is 11.5 Å². The Morgan fingerprint density at radius 2 is 2.24 bits per heavy atom. The average molecular weight is 269 g/mol. The van der Waals surface area contributed by atoms with Gasteiger partial charge in [-0.1, -0.05) is 30.7 Å². The minimum atomic E-state index is 0.386. The van der Waals surface area contributed by atoms with Crippen molar-refractivity contribution in [2.45, 2.75) is 26.2 Å². The normalized spacial score (nSPS) is 16.6. The number of halogens is 1. The quantitative estimate of drug-likeness (QED) is 0.802. The van der Waals surface area contributed by atoms with Crippen LogP contribution >= 0.6 is 23.8 Å². The molecule has 0 aliphatic heterocycles. The summed E-state index contributed by atoms with van der Waals surface area (Å²) in [4.78, 5) is 0.386. The first-order valence-corrected chi connectivity index (χ1v) is 6.68. The lowest BCUT2D eigenvalue weighted by molar-refractivity contribution is 0.521. The Morgan fingerprint density at radius 1 is 1.53 bits per heavy atom. The van der Waals surface area contributed by atoms with Crippen molar-refractivity contribution in [2.75, 3.05) is 11.9 Å². The molecular weight excluding hydrogens is 252 g/mol. The van der Waals surface area contributed by atoms with E-state index in [9.17, 15) is 0 Å². The summed E-state index contributed by atoms with van der Waals surface area (Å²) < 4.78 is 0. The van der Waals surface area contributed by atoms with Gasteiger partial charge in [-0.15, -0.1) is 0 Å². The fourth-order valence-electron chi connectivity index (χ4n) is 1.99. The summed E-state index contributed by atoms with van der Waals surface area (Å²) in [6.45, 7) is 3.23. The third-order valence-corrected chi connectivity index (χ3v) is 4.06. The van der Waals surface area contributed by atoms with Crippen molar-refractivity contribution < 1.29 is 0 Å². The summed E-state index contributed by atoms with van der Waals surface area (Å²) in [5.41, 5.74) is 8.02. The molecule has 0 radical (unpaired) electrons. The molecule has 1 aliphatic carbocycles. The lowest BCUT2D eigenvalue weighted by Crippen LogP contribution is -2.18. The van der Waals surface area contributed by atoms with E-state index in [2.05, 4.69) is 12.2 Å². The van der Waals surface area contributed by atoms with Gasteiger partial charge in [-0.3, -0.25) is 0 Å². The fourth-order valence-corrected chi connectivity index (χ4v) is 2.33. The van der Waals surface area contributed by atoms with Crippen LogP contribution in [0.4, 0.5) is 5.69 Å². The van der Waals surface area contributed by atoms with Gasteiger partial charge in [-0.2, -0.15) is 0 Å². The van der Waals surface area contributed by atoms with Gasteiger partial charge in [0.15, 0.2) is 0 Å². The molecule has 3 N–H and O–H groups in total. The molecule has 0 saturated heterocycles. The van der Waals surface area contributed by atoms with Crippen molar-refractivity contribution in [2.24, 2.45) is 11.1 Å². The van der Waals surface area contributed by atoms with E-state index in [1.54, 1.807) is 0 Å². The summed E-state index contributed by atoms with van der Waals surface area (Å²) in [7, 11) is 0. The number of hydrogen-bond donors (Lipinski definition) is 2. The van der Waals surface area contributed by atoms with Gasteiger partial charge in [0, 0.05) is 22.8 Å². The third kappa shape index (κ3) is 2.90. The molecule has 4 heteroatoms. The average Bonchev–Trinajstić information content (AvgIpc) is 3.08. The second-order valence-corrected chi connectivity index (χ2v) is 5.64. The summed E-state index contributed by atoms with van der Waals surface area (Å²) in [6.07, 6.45) is 3.84. The van der Waals surface area contributed by atoms with E-state index < -0.39 is 0 Å². The molecule has 17 heavy (non-hydrogen) atoms. The molecule has 2 rings (SSSR count). The van der Waals surface area contributed by atoms with Crippen molar-refractivity contribution in [3.05, 3.63) is 28.8 Å². The first kappa shape index (κ1) is 12.7. The summed E-state index contributed by atoms with van der Waals surface area (Å²) in [5.74, 6) is 0. The van der Waals surface area contributed by atoms with Crippen LogP contribution in [0.1, 0.15) is 31.7 Å². The largest absolute Gasteiger partial charge is 0.389 e. The van der Waals surface area contributed by atoms with E-state index in [-0.39, 0.29) is 0 Å². The standard InChI is InChI=1S/C13H17ClN2S/c1-2-13(5-6-13)8-16-11-4-3-9(14)7-10(11)12(15)17/h3-4,7,16H,2,5-6,8H2,1H3,(H2,15,17). The highest BCUT2D eigenvalue weighted by Gasteiger charge is 2.40. The molecule has 2 nitrogen and oxygen atoms in total. The number of hydrogen-bond acceptors (Lipinski definition) is 2. The molecule has 1 fully saturated rings. The maximum Gasteiger partial charge on any atom is 0.106 e. The van der Waals surface area contributed by atoms with Gasteiger partial charge in [0.25, 0.3) is 0 Å². The molecule has 0 spiro atoms. The lowest BCUT2D eigenvalue weighted by Gasteiger charge is -2.17. The zero-order valence-corrected chi connectivity index (χ0v) is 11.5. The van der Waals surface area contributed by atoms with Crippen LogP contribution < -0.4 is 11.1 Å². The Balaban J connectivity index is 2.12. The van der Waals surface area contributed by atoms with Gasteiger partial charge >= 0.3 is 0 Å². The molecule has 0 heterocycles. The Morgan fingerprint density at radius 3 is 2.76 bits per heavy atom. The van der Waals surface area contributed by atoms with E-state index in [0.717, 1.165) is 17.8 Å². The minimum absolute atomic E-state index is 0.386. The van der Waals surface area contributed by atoms with E-state index in [1.807, 2.05) is 18.2 Å². The second kappa shape index (κ2) is 4.83. The molecule has 1 aromatic carbocycles. The molecule has 0 amide bonds. The van der Waals surface area contributed by atoms with Crippen molar-refractivity contribution in [3.63, 3.8) is 0 Å². The summed E-state index contributed by atoms with van der Waals surface area (Å²) >= 11 is 11.0. The van der Waals surface area contributed by atoms with E-state index in [4.69, 9.17) is 29.6 Å². The predicted octanol–water partition coefficient (Wildman–Crippen LogP) is 3.58. The summed E-state index contributed by atoms with van der Waals surface area (Å²) in [5, 5.41) is 4.11. The van der Waals surface area contributed by atoms with E-state index >= 15 is 0 Å². The lowest BCUT2D eigenvalue weighted by atomic mass is 10.0. The van der Waals surface area contributed by atoms with E-state index in [0.29, 0.717) is 15.4 Å². The van der Waals surface area contributed by atoms with Gasteiger partial charge < -0.3 is 11.1 Å². The number of nitrogens with two attached hydrogens (primary N) is 1. The van der Waals surface area contributed by atoms with Crippen LogP contribution in [-0.2, 0) is 0 Å². The van der Waals surface area contributed by atoms with Crippen molar-refractivity contribution in [1.82, 2.24) is 0 Å². The van der Waals surface area contributed by atoms with Crippen LogP contribution in [0.5, 0.6) is 0 Å². The SMILES string of the molecule is CCC1(CNc2ccc(Cl)cc2C(N)=S)CC1. The topological polar surface area (TPSA) is 38.0 Å². The second-order valence-electron chi connectivity index (χ2n) is 4.76. The fraction of sp³-hybridized carbons (Fsp3) is 0.462. The van der Waals surface area contributed by atoms with Crippen LogP contribution in [0.15, 0.2) is 18.2 Å². The minimum Gasteiger partial charge on any atom is -0.389 e. The monoisotopic (exact) mass is 268 g/mol. The molecule has 1 saturated carbocycles. The van der Waals surface area contributed by atoms with Gasteiger partial charge in [-0.25, -0.2) is 0 Å². The van der Waals surface area contributed by atoms with Crippen LogP contribution in [0, 0.1) is 5.41 Å². The smallest absolute Gasteiger partial charge is 0.106 e. The van der Waals surface area contributed by atoms with Gasteiger partial charge in [0.2, 0.25) is 0 Å².